The summed E-state index contributed by atoms with van der Waals surface area (Å²) in [5.74, 6) is 1.80. The molecule has 29 heavy (non-hydrogen) atoms. The van der Waals surface area contributed by atoms with Gasteiger partial charge in [0, 0.05) is 12.6 Å². The van der Waals surface area contributed by atoms with E-state index in [2.05, 4.69) is 22.3 Å². The molecule has 0 N–H and O–H groups in total. The third-order valence-electron chi connectivity index (χ3n) is 4.82. The minimum absolute atomic E-state index is 0.0146. The quantitative estimate of drug-likeness (QED) is 0.639. The lowest BCUT2D eigenvalue weighted by molar-refractivity contribution is -0.132. The van der Waals surface area contributed by atoms with E-state index in [0.717, 1.165) is 17.7 Å². The van der Waals surface area contributed by atoms with Crippen LogP contribution in [0.2, 0.25) is 0 Å². The smallest absolute Gasteiger partial charge is 0.246 e. The van der Waals surface area contributed by atoms with Gasteiger partial charge in [0.1, 0.15) is 13.2 Å². The molecule has 1 amide bonds. The molecule has 2 heterocycles. The van der Waals surface area contributed by atoms with Crippen LogP contribution in [0.1, 0.15) is 12.5 Å². The van der Waals surface area contributed by atoms with Gasteiger partial charge in [0.2, 0.25) is 11.7 Å². The fourth-order valence-electron chi connectivity index (χ4n) is 3.12. The summed E-state index contributed by atoms with van der Waals surface area (Å²) in [7, 11) is 1.73. The Morgan fingerprint density at radius 1 is 1.17 bits per heavy atom. The fraction of sp³-hybridized carbons (Fsp3) is 0.333. The van der Waals surface area contributed by atoms with Crippen molar-refractivity contribution >= 4 is 5.91 Å². The molecule has 0 unspecified atom stereocenters. The third kappa shape index (κ3) is 4.37. The van der Waals surface area contributed by atoms with Crippen LogP contribution < -0.4 is 9.47 Å². The van der Waals surface area contributed by atoms with Gasteiger partial charge in [-0.25, -0.2) is 0 Å². The van der Waals surface area contributed by atoms with Gasteiger partial charge >= 0.3 is 0 Å². The highest BCUT2D eigenvalue weighted by Gasteiger charge is 2.24. The third-order valence-corrected chi connectivity index (χ3v) is 4.82. The van der Waals surface area contributed by atoms with Gasteiger partial charge in [-0.1, -0.05) is 43.3 Å². The first-order chi connectivity index (χ1) is 14.1. The van der Waals surface area contributed by atoms with E-state index in [0.29, 0.717) is 24.7 Å². The number of para-hydroxylation sites is 2. The van der Waals surface area contributed by atoms with Gasteiger partial charge in [-0.3, -0.25) is 4.79 Å². The zero-order valence-electron chi connectivity index (χ0n) is 16.5. The summed E-state index contributed by atoms with van der Waals surface area (Å²) in [6, 6.07) is 15.5. The molecule has 1 aliphatic rings. The van der Waals surface area contributed by atoms with Crippen molar-refractivity contribution in [3.63, 3.8) is 0 Å². The lowest BCUT2D eigenvalue weighted by atomic mass is 10.1. The molecule has 0 saturated heterocycles. The second-order valence-corrected chi connectivity index (χ2v) is 6.97. The standard InChI is InChI=1S/C21H23N5O3/c1-3-15-8-10-16(11-9-15)21-22-24-26(23-21)13-20(27)25(2)12-17-14-28-18-6-4-5-7-19(18)29-17/h4-11,17H,3,12-14H2,1-2H3/t17-/m0/s1. The van der Waals surface area contributed by atoms with Crippen molar-refractivity contribution in [3.05, 3.63) is 54.1 Å². The highest BCUT2D eigenvalue weighted by atomic mass is 16.6. The number of benzene rings is 2. The second-order valence-electron chi connectivity index (χ2n) is 6.97. The van der Waals surface area contributed by atoms with Gasteiger partial charge in [-0.2, -0.15) is 4.80 Å². The first-order valence-corrected chi connectivity index (χ1v) is 9.62. The molecule has 8 nitrogen and oxygen atoms in total. The molecule has 0 saturated carbocycles. The minimum Gasteiger partial charge on any atom is -0.486 e. The number of carbonyl (C=O) groups is 1. The molecule has 150 valence electrons. The molecule has 3 aromatic rings. The summed E-state index contributed by atoms with van der Waals surface area (Å²) in [6.45, 7) is 2.93. The number of rotatable bonds is 6. The summed E-state index contributed by atoms with van der Waals surface area (Å²) in [5, 5.41) is 12.4. The van der Waals surface area contributed by atoms with Crippen LogP contribution in [-0.2, 0) is 17.8 Å². The Labute approximate surface area is 169 Å². The number of ether oxygens (including phenoxy) is 2. The minimum atomic E-state index is -0.227. The Morgan fingerprint density at radius 3 is 2.69 bits per heavy atom. The SMILES string of the molecule is CCc1ccc(-c2nnn(CC(=O)N(C)C[C@H]3COc4ccccc4O3)n2)cc1. The molecule has 1 aliphatic heterocycles. The Balaban J connectivity index is 1.34. The topological polar surface area (TPSA) is 82.4 Å². The number of aryl methyl sites for hydroxylation is 1. The molecule has 8 heteroatoms. The van der Waals surface area contributed by atoms with Crippen molar-refractivity contribution in [1.82, 2.24) is 25.1 Å². The molecule has 0 radical (unpaired) electrons. The molecular weight excluding hydrogens is 370 g/mol. The summed E-state index contributed by atoms with van der Waals surface area (Å²) >= 11 is 0. The summed E-state index contributed by atoms with van der Waals surface area (Å²) in [4.78, 5) is 15.5. The number of aromatic nitrogens is 4. The lowest BCUT2D eigenvalue weighted by Gasteiger charge is -2.29. The zero-order valence-corrected chi connectivity index (χ0v) is 16.5. The number of tetrazole rings is 1. The van der Waals surface area contributed by atoms with Crippen LogP contribution in [0.3, 0.4) is 0 Å². The van der Waals surface area contributed by atoms with E-state index in [1.54, 1.807) is 11.9 Å². The van der Waals surface area contributed by atoms with Crippen LogP contribution in [0, 0.1) is 0 Å². The number of likely N-dealkylation sites (N-methyl/N-ethyl adjacent to an activating group) is 1. The highest BCUT2D eigenvalue weighted by molar-refractivity contribution is 5.75. The Bertz CT molecular complexity index is 986. The van der Waals surface area contributed by atoms with Crippen molar-refractivity contribution < 1.29 is 14.3 Å². The maximum atomic E-state index is 12.6. The molecule has 4 rings (SSSR count). The summed E-state index contributed by atoms with van der Waals surface area (Å²) in [5.41, 5.74) is 2.12. The van der Waals surface area contributed by atoms with E-state index >= 15 is 0 Å². The number of nitrogens with zero attached hydrogens (tertiary/aromatic N) is 5. The van der Waals surface area contributed by atoms with Crippen LogP contribution in [-0.4, -0.2) is 57.3 Å². The number of hydrogen-bond acceptors (Lipinski definition) is 6. The zero-order chi connectivity index (χ0) is 20.2. The van der Waals surface area contributed by atoms with E-state index in [1.165, 1.54) is 10.4 Å². The molecule has 0 fully saturated rings. The second kappa shape index (κ2) is 8.30. The molecule has 0 spiro atoms. The van der Waals surface area contributed by atoms with Gasteiger partial charge in [-0.05, 0) is 29.3 Å². The van der Waals surface area contributed by atoms with Gasteiger partial charge in [0.05, 0.1) is 6.54 Å². The number of fused-ring (bicyclic) bond motifs is 1. The predicted molar refractivity (Wildman–Crippen MR) is 107 cm³/mol. The van der Waals surface area contributed by atoms with Crippen molar-refractivity contribution in [1.29, 1.82) is 0 Å². The Kier molecular flexibility index (Phi) is 5.41. The highest BCUT2D eigenvalue weighted by Crippen LogP contribution is 2.30. The monoisotopic (exact) mass is 393 g/mol. The van der Waals surface area contributed by atoms with E-state index in [-0.39, 0.29) is 18.6 Å². The van der Waals surface area contributed by atoms with Crippen LogP contribution in [0.25, 0.3) is 11.4 Å². The molecule has 1 aromatic heterocycles. The van der Waals surface area contributed by atoms with Crippen molar-refractivity contribution in [2.75, 3.05) is 20.2 Å². The Morgan fingerprint density at radius 2 is 1.93 bits per heavy atom. The molecular formula is C21H23N5O3. The van der Waals surface area contributed by atoms with Gasteiger partial charge in [0.25, 0.3) is 0 Å². The summed E-state index contributed by atoms with van der Waals surface area (Å²) in [6.07, 6.45) is 0.748. The van der Waals surface area contributed by atoms with Crippen LogP contribution in [0.5, 0.6) is 11.5 Å². The Hall–Kier alpha value is -3.42. The number of amides is 1. The summed E-state index contributed by atoms with van der Waals surface area (Å²) < 4.78 is 11.6. The van der Waals surface area contributed by atoms with Crippen molar-refractivity contribution in [3.8, 4) is 22.9 Å². The van der Waals surface area contributed by atoms with E-state index in [1.807, 2.05) is 48.5 Å². The molecule has 0 aliphatic carbocycles. The lowest BCUT2D eigenvalue weighted by Crippen LogP contribution is -2.43. The normalized spacial score (nSPS) is 15.2. The average molecular weight is 393 g/mol. The first kappa shape index (κ1) is 18.9. The van der Waals surface area contributed by atoms with Crippen molar-refractivity contribution in [2.45, 2.75) is 26.0 Å². The van der Waals surface area contributed by atoms with Crippen LogP contribution in [0.15, 0.2) is 48.5 Å². The van der Waals surface area contributed by atoms with Gasteiger partial charge in [-0.15, -0.1) is 10.2 Å². The van der Waals surface area contributed by atoms with Crippen LogP contribution in [0.4, 0.5) is 0 Å². The molecule has 1 atom stereocenters. The van der Waals surface area contributed by atoms with E-state index in [9.17, 15) is 4.79 Å². The molecule has 2 aromatic carbocycles. The first-order valence-electron chi connectivity index (χ1n) is 9.62. The average Bonchev–Trinajstić information content (AvgIpc) is 3.22. The largest absolute Gasteiger partial charge is 0.486 e. The van der Waals surface area contributed by atoms with Crippen molar-refractivity contribution in [2.24, 2.45) is 0 Å². The number of carbonyl (C=O) groups excluding carboxylic acids is 1. The maximum absolute atomic E-state index is 12.6. The maximum Gasteiger partial charge on any atom is 0.246 e. The van der Waals surface area contributed by atoms with Gasteiger partial charge < -0.3 is 14.4 Å². The predicted octanol–water partition coefficient (Wildman–Crippen LogP) is 2.20. The van der Waals surface area contributed by atoms with Crippen LogP contribution >= 0.6 is 0 Å². The van der Waals surface area contributed by atoms with E-state index in [4.69, 9.17) is 9.47 Å². The molecule has 0 bridgehead atoms. The fourth-order valence-corrected chi connectivity index (χ4v) is 3.12. The van der Waals surface area contributed by atoms with E-state index < -0.39 is 0 Å². The van der Waals surface area contributed by atoms with Gasteiger partial charge in [0.15, 0.2) is 17.6 Å². The number of hydrogen-bond donors (Lipinski definition) is 0.